The van der Waals surface area contributed by atoms with E-state index < -0.39 is 0 Å². The van der Waals surface area contributed by atoms with E-state index in [4.69, 9.17) is 4.74 Å². The first-order valence-corrected chi connectivity index (χ1v) is 9.38. The van der Waals surface area contributed by atoms with Gasteiger partial charge in [-0.15, -0.1) is 0 Å². The van der Waals surface area contributed by atoms with Crippen LogP contribution in [0.3, 0.4) is 0 Å². The van der Waals surface area contributed by atoms with Crippen LogP contribution >= 0.6 is 0 Å². The van der Waals surface area contributed by atoms with Gasteiger partial charge in [0.05, 0.1) is 12.3 Å². The minimum absolute atomic E-state index is 0.218. The van der Waals surface area contributed by atoms with Gasteiger partial charge in [-0.25, -0.2) is 18.7 Å². The largest absolute Gasteiger partial charge is 0.450 e. The molecule has 0 spiro atoms. The lowest BCUT2D eigenvalue weighted by Gasteiger charge is -2.33. The quantitative estimate of drug-likeness (QED) is 0.678. The highest BCUT2D eigenvalue weighted by Crippen LogP contribution is 2.21. The predicted octanol–water partition coefficient (Wildman–Crippen LogP) is 2.45. The summed E-state index contributed by atoms with van der Waals surface area (Å²) in [4.78, 5) is 32.2. The van der Waals surface area contributed by atoms with Crippen LogP contribution in [-0.2, 0) is 4.74 Å². The molecule has 1 saturated heterocycles. The van der Waals surface area contributed by atoms with E-state index in [0.717, 1.165) is 5.56 Å². The number of amides is 2. The molecule has 8 nitrogen and oxygen atoms in total. The highest BCUT2D eigenvalue weighted by atomic mass is 19.1. The van der Waals surface area contributed by atoms with E-state index in [0.29, 0.717) is 44.1 Å². The predicted molar refractivity (Wildman–Crippen MR) is 103 cm³/mol. The molecule has 0 bridgehead atoms. The van der Waals surface area contributed by atoms with Crippen LogP contribution in [0, 0.1) is 5.82 Å². The highest BCUT2D eigenvalue weighted by Gasteiger charge is 2.27. The maximum atomic E-state index is 13.2. The topological polar surface area (TPSA) is 80.0 Å². The highest BCUT2D eigenvalue weighted by molar-refractivity contribution is 5.93. The first-order chi connectivity index (χ1) is 14.1. The van der Waals surface area contributed by atoms with E-state index in [1.165, 1.54) is 12.1 Å². The van der Waals surface area contributed by atoms with Gasteiger partial charge in [-0.1, -0.05) is 0 Å². The van der Waals surface area contributed by atoms with Gasteiger partial charge >= 0.3 is 6.09 Å². The lowest BCUT2D eigenvalue weighted by atomic mass is 10.1. The number of rotatable bonds is 3. The number of benzene rings is 1. The summed E-state index contributed by atoms with van der Waals surface area (Å²) in [5.74, 6) is -0.540. The smallest absolute Gasteiger partial charge is 0.409 e. The van der Waals surface area contributed by atoms with Crippen molar-refractivity contribution in [1.29, 1.82) is 0 Å². The lowest BCUT2D eigenvalue weighted by molar-refractivity contribution is 0.0565. The Bertz CT molecular complexity index is 1040. The Hall–Kier alpha value is -3.49. The van der Waals surface area contributed by atoms with E-state index in [1.807, 2.05) is 0 Å². The Balaban J connectivity index is 1.54. The first-order valence-electron chi connectivity index (χ1n) is 9.38. The molecule has 4 rings (SSSR count). The molecule has 1 fully saturated rings. The number of carbonyl (C=O) groups excluding carboxylic acids is 2. The zero-order valence-electron chi connectivity index (χ0n) is 15.9. The van der Waals surface area contributed by atoms with Crippen molar-refractivity contribution in [1.82, 2.24) is 24.4 Å². The Kier molecular flexibility index (Phi) is 5.11. The van der Waals surface area contributed by atoms with Gasteiger partial charge in [-0.05, 0) is 37.3 Å². The van der Waals surface area contributed by atoms with Crippen LogP contribution in [0.15, 0.2) is 42.6 Å². The van der Waals surface area contributed by atoms with Crippen LogP contribution in [0.25, 0.3) is 16.9 Å². The number of nitrogens with zero attached hydrogens (tertiary/aromatic N) is 5. The molecule has 1 aromatic carbocycles. The third-order valence-corrected chi connectivity index (χ3v) is 4.81. The van der Waals surface area contributed by atoms with Crippen molar-refractivity contribution in [3.05, 3.63) is 54.1 Å². The molecule has 3 heterocycles. The van der Waals surface area contributed by atoms with Gasteiger partial charge in [-0.3, -0.25) is 4.79 Å². The van der Waals surface area contributed by atoms with Gasteiger partial charge in [0, 0.05) is 44.0 Å². The standard InChI is InChI=1S/C20H20FN5O3/c1-2-29-20(28)25-11-9-24(10-12-25)19(27)16-13-18-22-8-7-17(26(18)23-16)14-3-5-15(21)6-4-14/h3-8,13H,2,9-12H2,1H3. The van der Waals surface area contributed by atoms with Crippen molar-refractivity contribution >= 4 is 17.6 Å². The van der Waals surface area contributed by atoms with Gasteiger partial charge in [0.25, 0.3) is 5.91 Å². The zero-order valence-corrected chi connectivity index (χ0v) is 15.9. The molecular formula is C20H20FN5O3. The number of carbonyl (C=O) groups is 2. The van der Waals surface area contributed by atoms with Crippen molar-refractivity contribution in [3.63, 3.8) is 0 Å². The van der Waals surface area contributed by atoms with E-state index in [9.17, 15) is 14.0 Å². The van der Waals surface area contributed by atoms with Crippen LogP contribution < -0.4 is 0 Å². The summed E-state index contributed by atoms with van der Waals surface area (Å²) in [6, 6.07) is 9.46. The fourth-order valence-corrected chi connectivity index (χ4v) is 3.31. The lowest BCUT2D eigenvalue weighted by Crippen LogP contribution is -2.50. The third kappa shape index (κ3) is 3.75. The number of ether oxygens (including phenoxy) is 1. The Labute approximate surface area is 166 Å². The number of hydrogen-bond acceptors (Lipinski definition) is 5. The molecular weight excluding hydrogens is 377 g/mol. The maximum Gasteiger partial charge on any atom is 0.409 e. The summed E-state index contributed by atoms with van der Waals surface area (Å²) in [6.07, 6.45) is 1.27. The summed E-state index contributed by atoms with van der Waals surface area (Å²) >= 11 is 0. The average molecular weight is 397 g/mol. The normalized spacial score (nSPS) is 14.3. The Morgan fingerprint density at radius 1 is 1.07 bits per heavy atom. The van der Waals surface area contributed by atoms with Crippen molar-refractivity contribution < 1.29 is 18.7 Å². The molecule has 29 heavy (non-hydrogen) atoms. The van der Waals surface area contributed by atoms with Crippen LogP contribution in [0.2, 0.25) is 0 Å². The SMILES string of the molecule is CCOC(=O)N1CCN(C(=O)c2cc3nccc(-c4ccc(F)cc4)n3n2)CC1. The summed E-state index contributed by atoms with van der Waals surface area (Å²) in [7, 11) is 0. The van der Waals surface area contributed by atoms with Gasteiger partial charge in [0.1, 0.15) is 5.82 Å². The fourth-order valence-electron chi connectivity index (χ4n) is 3.31. The second kappa shape index (κ2) is 7.86. The summed E-state index contributed by atoms with van der Waals surface area (Å²) in [5.41, 5.74) is 2.28. The number of hydrogen-bond donors (Lipinski definition) is 0. The number of fused-ring (bicyclic) bond motifs is 1. The summed E-state index contributed by atoms with van der Waals surface area (Å²) in [6.45, 7) is 3.72. The fraction of sp³-hybridized carbons (Fsp3) is 0.300. The maximum absolute atomic E-state index is 13.2. The second-order valence-corrected chi connectivity index (χ2v) is 6.61. The van der Waals surface area contributed by atoms with Crippen LogP contribution in [0.1, 0.15) is 17.4 Å². The molecule has 0 saturated carbocycles. The molecule has 2 aromatic heterocycles. The first kappa shape index (κ1) is 18.9. The Morgan fingerprint density at radius 3 is 2.45 bits per heavy atom. The molecule has 150 valence electrons. The van der Waals surface area contributed by atoms with E-state index in [2.05, 4.69) is 10.1 Å². The molecule has 0 unspecified atom stereocenters. The van der Waals surface area contributed by atoms with Crippen LogP contribution in [-0.4, -0.2) is 69.2 Å². The minimum atomic E-state index is -0.361. The number of aromatic nitrogens is 3. The molecule has 0 radical (unpaired) electrons. The van der Waals surface area contributed by atoms with Gasteiger partial charge in [0.15, 0.2) is 11.3 Å². The van der Waals surface area contributed by atoms with E-state index in [1.54, 1.807) is 51.7 Å². The average Bonchev–Trinajstić information content (AvgIpc) is 3.18. The zero-order chi connectivity index (χ0) is 20.4. The van der Waals surface area contributed by atoms with Gasteiger partial charge in [-0.2, -0.15) is 5.10 Å². The summed E-state index contributed by atoms with van der Waals surface area (Å²) in [5, 5.41) is 4.43. The van der Waals surface area contributed by atoms with Crippen molar-refractivity contribution in [3.8, 4) is 11.3 Å². The monoisotopic (exact) mass is 397 g/mol. The molecule has 3 aromatic rings. The summed E-state index contributed by atoms with van der Waals surface area (Å²) < 4.78 is 19.8. The van der Waals surface area contributed by atoms with E-state index >= 15 is 0 Å². The second-order valence-electron chi connectivity index (χ2n) is 6.61. The van der Waals surface area contributed by atoms with Crippen LogP contribution in [0.4, 0.5) is 9.18 Å². The number of piperazine rings is 1. The third-order valence-electron chi connectivity index (χ3n) is 4.81. The van der Waals surface area contributed by atoms with Crippen molar-refractivity contribution in [2.75, 3.05) is 32.8 Å². The molecule has 9 heteroatoms. The van der Waals surface area contributed by atoms with Crippen LogP contribution in [0.5, 0.6) is 0 Å². The molecule has 0 atom stereocenters. The van der Waals surface area contributed by atoms with Crippen molar-refractivity contribution in [2.45, 2.75) is 6.92 Å². The van der Waals surface area contributed by atoms with Gasteiger partial charge < -0.3 is 14.5 Å². The van der Waals surface area contributed by atoms with E-state index in [-0.39, 0.29) is 23.5 Å². The van der Waals surface area contributed by atoms with Gasteiger partial charge in [0.2, 0.25) is 0 Å². The molecule has 2 amide bonds. The molecule has 1 aliphatic rings. The molecule has 0 aliphatic carbocycles. The number of halogens is 1. The minimum Gasteiger partial charge on any atom is -0.450 e. The molecule has 1 aliphatic heterocycles. The molecule has 0 N–H and O–H groups in total. The Morgan fingerprint density at radius 2 is 1.76 bits per heavy atom. The van der Waals surface area contributed by atoms with Crippen molar-refractivity contribution in [2.24, 2.45) is 0 Å².